The number of aldehydes is 1. The first kappa shape index (κ1) is 24.0. The third-order valence-corrected chi connectivity index (χ3v) is 6.00. The normalized spacial score (nSPS) is 13.4. The van der Waals surface area contributed by atoms with Crippen molar-refractivity contribution < 1.29 is 27.5 Å². The summed E-state index contributed by atoms with van der Waals surface area (Å²) in [7, 11) is -2.68. The molecule has 0 amide bonds. The van der Waals surface area contributed by atoms with Crippen molar-refractivity contribution in [1.29, 1.82) is 0 Å². The SMILES string of the molecule is C=C(C=O)[C@](/C=C/c1ccc(OC)cc1)(NS(=O)(=O)c1ccc(C)cc1)C(=O)OCC. The maximum Gasteiger partial charge on any atom is 0.336 e. The molecule has 8 heteroatoms. The molecule has 31 heavy (non-hydrogen) atoms. The molecule has 0 fully saturated rings. The maximum absolute atomic E-state index is 13.1. The molecule has 0 radical (unpaired) electrons. The van der Waals surface area contributed by atoms with Gasteiger partial charge in [0.2, 0.25) is 10.0 Å². The molecule has 1 atom stereocenters. The number of hydrogen-bond donors (Lipinski definition) is 1. The molecule has 2 aromatic carbocycles. The fourth-order valence-corrected chi connectivity index (χ4v) is 4.03. The van der Waals surface area contributed by atoms with Gasteiger partial charge in [0.25, 0.3) is 0 Å². The zero-order valence-electron chi connectivity index (χ0n) is 17.6. The summed E-state index contributed by atoms with van der Waals surface area (Å²) in [5.74, 6) is -0.335. The van der Waals surface area contributed by atoms with Crippen LogP contribution in [0.4, 0.5) is 0 Å². The molecule has 0 aliphatic rings. The maximum atomic E-state index is 13.1. The van der Waals surface area contributed by atoms with Crippen molar-refractivity contribution in [3.05, 3.63) is 77.9 Å². The van der Waals surface area contributed by atoms with Crippen LogP contribution in [0.3, 0.4) is 0 Å². The van der Waals surface area contributed by atoms with Crippen LogP contribution in [0.15, 0.2) is 71.7 Å². The van der Waals surface area contributed by atoms with E-state index in [1.165, 1.54) is 31.4 Å². The second-order valence-corrected chi connectivity index (χ2v) is 8.38. The van der Waals surface area contributed by atoms with Crippen LogP contribution in [0, 0.1) is 6.92 Å². The molecule has 0 spiro atoms. The Hall–Kier alpha value is -3.23. The summed E-state index contributed by atoms with van der Waals surface area (Å²) in [5, 5.41) is 0. The quantitative estimate of drug-likeness (QED) is 0.344. The Bertz CT molecular complexity index is 1070. The fourth-order valence-electron chi connectivity index (χ4n) is 2.71. The van der Waals surface area contributed by atoms with Crippen molar-refractivity contribution in [3.63, 3.8) is 0 Å². The van der Waals surface area contributed by atoms with Gasteiger partial charge in [-0.25, -0.2) is 13.2 Å². The Labute approximate surface area is 182 Å². The van der Waals surface area contributed by atoms with E-state index in [0.717, 1.165) is 5.56 Å². The predicted octanol–water partition coefficient (Wildman–Crippen LogP) is 3.05. The van der Waals surface area contributed by atoms with E-state index < -0.39 is 21.5 Å². The first-order valence-corrected chi connectivity index (χ1v) is 10.9. The molecule has 0 saturated carbocycles. The Balaban J connectivity index is 2.57. The number of carbonyl (C=O) groups is 2. The van der Waals surface area contributed by atoms with Gasteiger partial charge in [-0.2, -0.15) is 4.72 Å². The molecule has 0 aromatic heterocycles. The third-order valence-electron chi connectivity index (χ3n) is 4.51. The van der Waals surface area contributed by atoms with Gasteiger partial charge in [-0.1, -0.05) is 42.5 Å². The standard InChI is InChI=1S/C23H25NO6S/c1-5-30-22(26)23(18(3)16-25,15-14-19-8-10-20(29-4)11-9-19)24-31(27,28)21-12-6-17(2)7-13-21/h6-16,24H,3,5H2,1-2,4H3/b15-14+/t23-/m0/s1. The second-order valence-electron chi connectivity index (χ2n) is 6.70. The molecule has 1 N–H and O–H groups in total. The molecular formula is C23H25NO6S. The van der Waals surface area contributed by atoms with E-state index >= 15 is 0 Å². The highest BCUT2D eigenvalue weighted by Crippen LogP contribution is 2.24. The highest BCUT2D eigenvalue weighted by molar-refractivity contribution is 7.89. The number of aryl methyl sites for hydroxylation is 1. The summed E-state index contributed by atoms with van der Waals surface area (Å²) in [5.41, 5.74) is -0.928. The van der Waals surface area contributed by atoms with E-state index in [2.05, 4.69) is 11.3 Å². The van der Waals surface area contributed by atoms with Crippen LogP contribution >= 0.6 is 0 Å². The van der Waals surface area contributed by atoms with Gasteiger partial charge in [0, 0.05) is 5.57 Å². The van der Waals surface area contributed by atoms with E-state index in [4.69, 9.17) is 9.47 Å². The fraction of sp³-hybridized carbons (Fsp3) is 0.217. The summed E-state index contributed by atoms with van der Waals surface area (Å²) in [6.45, 7) is 6.99. The Morgan fingerprint density at radius 1 is 1.13 bits per heavy atom. The molecule has 2 rings (SSSR count). The minimum absolute atomic E-state index is 0.0185. The summed E-state index contributed by atoms with van der Waals surface area (Å²) in [6.07, 6.45) is 3.09. The van der Waals surface area contributed by atoms with Crippen molar-refractivity contribution in [2.75, 3.05) is 13.7 Å². The lowest BCUT2D eigenvalue weighted by Crippen LogP contribution is -2.55. The van der Waals surface area contributed by atoms with Gasteiger partial charge in [0.05, 0.1) is 18.6 Å². The Morgan fingerprint density at radius 3 is 2.26 bits per heavy atom. The monoisotopic (exact) mass is 443 g/mol. The number of methoxy groups -OCH3 is 1. The predicted molar refractivity (Wildman–Crippen MR) is 118 cm³/mol. The van der Waals surface area contributed by atoms with E-state index in [1.807, 2.05) is 6.92 Å². The molecule has 0 bridgehead atoms. The van der Waals surface area contributed by atoms with Crippen LogP contribution in [-0.4, -0.2) is 39.9 Å². The minimum atomic E-state index is -4.21. The van der Waals surface area contributed by atoms with Gasteiger partial charge in [-0.05, 0) is 49.8 Å². The van der Waals surface area contributed by atoms with Crippen molar-refractivity contribution >= 4 is 28.4 Å². The summed E-state index contributed by atoms with van der Waals surface area (Å²) >= 11 is 0. The number of esters is 1. The highest BCUT2D eigenvalue weighted by atomic mass is 32.2. The molecule has 0 saturated heterocycles. The lowest BCUT2D eigenvalue weighted by atomic mass is 9.91. The van der Waals surface area contributed by atoms with Crippen molar-refractivity contribution in [2.45, 2.75) is 24.3 Å². The van der Waals surface area contributed by atoms with Gasteiger partial charge in [-0.15, -0.1) is 0 Å². The number of benzene rings is 2. The van der Waals surface area contributed by atoms with Crippen molar-refractivity contribution in [3.8, 4) is 5.75 Å². The van der Waals surface area contributed by atoms with Crippen LogP contribution in [0.2, 0.25) is 0 Å². The molecule has 0 aliphatic heterocycles. The number of rotatable bonds is 10. The first-order chi connectivity index (χ1) is 14.7. The zero-order valence-corrected chi connectivity index (χ0v) is 18.4. The van der Waals surface area contributed by atoms with Crippen LogP contribution in [-0.2, 0) is 24.3 Å². The van der Waals surface area contributed by atoms with Gasteiger partial charge in [0.1, 0.15) is 12.0 Å². The average molecular weight is 444 g/mol. The number of hydrogen-bond acceptors (Lipinski definition) is 6. The summed E-state index contributed by atoms with van der Waals surface area (Å²) in [6, 6.07) is 12.9. The number of nitrogens with one attached hydrogen (secondary N) is 1. The minimum Gasteiger partial charge on any atom is -0.497 e. The Kier molecular flexibility index (Phi) is 7.90. The van der Waals surface area contributed by atoms with Gasteiger partial charge in [0.15, 0.2) is 5.54 Å². The Morgan fingerprint density at radius 2 is 1.74 bits per heavy atom. The smallest absolute Gasteiger partial charge is 0.336 e. The molecule has 0 heterocycles. The summed E-state index contributed by atoms with van der Waals surface area (Å²) < 4.78 is 38.7. The van der Waals surface area contributed by atoms with Crippen LogP contribution in [0.1, 0.15) is 18.1 Å². The molecular weight excluding hydrogens is 418 g/mol. The van der Waals surface area contributed by atoms with E-state index in [9.17, 15) is 18.0 Å². The third kappa shape index (κ3) is 5.68. The van der Waals surface area contributed by atoms with Gasteiger partial charge in [-0.3, -0.25) is 4.79 Å². The van der Waals surface area contributed by atoms with Crippen molar-refractivity contribution in [2.24, 2.45) is 0 Å². The first-order valence-electron chi connectivity index (χ1n) is 9.44. The van der Waals surface area contributed by atoms with Crippen LogP contribution in [0.25, 0.3) is 6.08 Å². The molecule has 164 valence electrons. The molecule has 0 aliphatic carbocycles. The number of carbonyl (C=O) groups excluding carboxylic acids is 2. The zero-order chi connectivity index (χ0) is 23.1. The number of ether oxygens (including phenoxy) is 2. The van der Waals surface area contributed by atoms with Gasteiger partial charge >= 0.3 is 5.97 Å². The largest absolute Gasteiger partial charge is 0.497 e. The number of sulfonamides is 1. The molecule has 0 unspecified atom stereocenters. The lowest BCUT2D eigenvalue weighted by molar-refractivity contribution is -0.147. The van der Waals surface area contributed by atoms with Crippen molar-refractivity contribution in [1.82, 2.24) is 4.72 Å². The summed E-state index contributed by atoms with van der Waals surface area (Å²) in [4.78, 5) is 24.5. The topological polar surface area (TPSA) is 98.8 Å². The lowest BCUT2D eigenvalue weighted by Gasteiger charge is -2.29. The molecule has 2 aromatic rings. The second kappa shape index (κ2) is 10.2. The average Bonchev–Trinajstić information content (AvgIpc) is 2.76. The van der Waals surface area contributed by atoms with Crippen LogP contribution in [0.5, 0.6) is 5.75 Å². The van der Waals surface area contributed by atoms with E-state index in [1.54, 1.807) is 43.3 Å². The van der Waals surface area contributed by atoms with Gasteiger partial charge < -0.3 is 9.47 Å². The highest BCUT2D eigenvalue weighted by Gasteiger charge is 2.44. The van der Waals surface area contributed by atoms with E-state index in [-0.39, 0.29) is 17.1 Å². The van der Waals surface area contributed by atoms with E-state index in [0.29, 0.717) is 17.6 Å². The molecule has 7 nitrogen and oxygen atoms in total. The van der Waals surface area contributed by atoms with Crippen LogP contribution < -0.4 is 9.46 Å².